The molecule has 1 N–H and O–H groups in total. The summed E-state index contributed by atoms with van der Waals surface area (Å²) in [4.78, 5) is 11.8. The van der Waals surface area contributed by atoms with Crippen molar-refractivity contribution in [2.75, 3.05) is 0 Å². The normalized spacial score (nSPS) is 10.2. The molecular weight excluding hydrogens is 224 g/mol. The minimum absolute atomic E-state index is 0.189. The van der Waals surface area contributed by atoms with Crippen LogP contribution in [0.15, 0.2) is 54.6 Å². The number of phenols is 1. The number of Topliss-reactive ketones (excluding diaryl/α,β-unsaturated/α-hetero) is 1. The molecule has 2 aromatic carbocycles. The maximum atomic E-state index is 11.8. The van der Waals surface area contributed by atoms with Gasteiger partial charge in [-0.1, -0.05) is 42.5 Å². The highest BCUT2D eigenvalue weighted by Crippen LogP contribution is 2.13. The fraction of sp³-hybridized carbons (Fsp3) is 0.188. The lowest BCUT2D eigenvalue weighted by Crippen LogP contribution is -1.99. The van der Waals surface area contributed by atoms with E-state index in [0.29, 0.717) is 6.42 Å². The van der Waals surface area contributed by atoms with Crippen LogP contribution in [0.5, 0.6) is 5.75 Å². The summed E-state index contributed by atoms with van der Waals surface area (Å²) >= 11 is 0. The molecule has 0 saturated heterocycles. The summed E-state index contributed by atoms with van der Waals surface area (Å²) in [6.07, 6.45) is 2.25. The predicted molar refractivity (Wildman–Crippen MR) is 71.8 cm³/mol. The van der Waals surface area contributed by atoms with Gasteiger partial charge in [-0.25, -0.2) is 0 Å². The third-order valence-electron chi connectivity index (χ3n) is 2.90. The highest BCUT2D eigenvalue weighted by molar-refractivity contribution is 5.95. The zero-order valence-electron chi connectivity index (χ0n) is 10.2. The standard InChI is InChI=1S/C16H16O2/c17-15-11-9-13(10-12-15)5-4-8-16(18)14-6-2-1-3-7-14/h1-3,6-7,9-12,17H,4-5,8H2. The van der Waals surface area contributed by atoms with E-state index in [4.69, 9.17) is 5.11 Å². The Balaban J connectivity index is 1.82. The lowest BCUT2D eigenvalue weighted by atomic mass is 10.0. The second-order valence-corrected chi connectivity index (χ2v) is 4.31. The van der Waals surface area contributed by atoms with E-state index in [-0.39, 0.29) is 11.5 Å². The van der Waals surface area contributed by atoms with E-state index >= 15 is 0 Å². The van der Waals surface area contributed by atoms with E-state index in [2.05, 4.69) is 0 Å². The molecule has 0 spiro atoms. The van der Waals surface area contributed by atoms with Crippen LogP contribution in [-0.4, -0.2) is 10.9 Å². The van der Waals surface area contributed by atoms with E-state index < -0.39 is 0 Å². The fourth-order valence-corrected chi connectivity index (χ4v) is 1.88. The Labute approximate surface area is 107 Å². The summed E-state index contributed by atoms with van der Waals surface area (Å²) in [5.74, 6) is 0.466. The number of hydrogen-bond acceptors (Lipinski definition) is 2. The molecule has 0 fully saturated rings. The number of aryl methyl sites for hydroxylation is 1. The Morgan fingerprint density at radius 3 is 2.28 bits per heavy atom. The molecule has 0 atom stereocenters. The van der Waals surface area contributed by atoms with Crippen LogP contribution in [0.25, 0.3) is 0 Å². The van der Waals surface area contributed by atoms with Gasteiger partial charge in [0, 0.05) is 12.0 Å². The third kappa shape index (κ3) is 3.45. The first kappa shape index (κ1) is 12.4. The summed E-state index contributed by atoms with van der Waals surface area (Å²) in [5, 5.41) is 9.16. The number of phenolic OH excluding ortho intramolecular Hbond substituents is 1. The Bertz CT molecular complexity index is 500. The fourth-order valence-electron chi connectivity index (χ4n) is 1.88. The smallest absolute Gasteiger partial charge is 0.162 e. The quantitative estimate of drug-likeness (QED) is 0.811. The zero-order chi connectivity index (χ0) is 12.8. The van der Waals surface area contributed by atoms with E-state index in [1.54, 1.807) is 12.1 Å². The Morgan fingerprint density at radius 1 is 0.944 bits per heavy atom. The summed E-state index contributed by atoms with van der Waals surface area (Å²) in [5.41, 5.74) is 1.93. The van der Waals surface area contributed by atoms with Crippen molar-refractivity contribution in [1.82, 2.24) is 0 Å². The molecule has 0 saturated carbocycles. The van der Waals surface area contributed by atoms with E-state index in [0.717, 1.165) is 24.0 Å². The molecule has 0 bridgehead atoms. The van der Waals surface area contributed by atoms with Crippen LogP contribution in [-0.2, 0) is 6.42 Å². The predicted octanol–water partition coefficient (Wildman–Crippen LogP) is 3.60. The molecular formula is C16H16O2. The Hall–Kier alpha value is -2.09. The summed E-state index contributed by atoms with van der Waals surface area (Å²) < 4.78 is 0. The van der Waals surface area contributed by atoms with Gasteiger partial charge < -0.3 is 5.11 Å². The molecule has 18 heavy (non-hydrogen) atoms. The summed E-state index contributed by atoms with van der Waals surface area (Å²) in [6, 6.07) is 16.5. The van der Waals surface area contributed by atoms with E-state index in [1.807, 2.05) is 42.5 Å². The van der Waals surface area contributed by atoms with Gasteiger partial charge in [0.05, 0.1) is 0 Å². The Kier molecular flexibility index (Phi) is 4.13. The molecule has 0 radical (unpaired) electrons. The first-order valence-electron chi connectivity index (χ1n) is 6.12. The third-order valence-corrected chi connectivity index (χ3v) is 2.90. The molecule has 92 valence electrons. The van der Waals surface area contributed by atoms with Gasteiger partial charge in [0.1, 0.15) is 5.75 Å². The van der Waals surface area contributed by atoms with Crippen LogP contribution >= 0.6 is 0 Å². The van der Waals surface area contributed by atoms with E-state index in [9.17, 15) is 4.79 Å². The van der Waals surface area contributed by atoms with Crippen LogP contribution < -0.4 is 0 Å². The summed E-state index contributed by atoms with van der Waals surface area (Å²) in [7, 11) is 0. The topological polar surface area (TPSA) is 37.3 Å². The van der Waals surface area contributed by atoms with Gasteiger partial charge in [-0.05, 0) is 30.5 Å². The molecule has 0 aliphatic carbocycles. The molecule has 0 amide bonds. The Morgan fingerprint density at radius 2 is 1.61 bits per heavy atom. The highest BCUT2D eigenvalue weighted by atomic mass is 16.3. The van der Waals surface area contributed by atoms with Gasteiger partial charge in [-0.3, -0.25) is 4.79 Å². The zero-order valence-corrected chi connectivity index (χ0v) is 10.2. The van der Waals surface area contributed by atoms with Crippen molar-refractivity contribution in [1.29, 1.82) is 0 Å². The molecule has 2 aromatic rings. The van der Waals surface area contributed by atoms with Crippen molar-refractivity contribution in [2.24, 2.45) is 0 Å². The van der Waals surface area contributed by atoms with E-state index in [1.165, 1.54) is 0 Å². The molecule has 2 heteroatoms. The minimum Gasteiger partial charge on any atom is -0.508 e. The number of ketones is 1. The molecule has 2 nitrogen and oxygen atoms in total. The molecule has 0 aromatic heterocycles. The van der Waals surface area contributed by atoms with Crippen molar-refractivity contribution in [3.63, 3.8) is 0 Å². The number of aromatic hydroxyl groups is 1. The van der Waals surface area contributed by atoms with Crippen molar-refractivity contribution in [2.45, 2.75) is 19.3 Å². The SMILES string of the molecule is O=C(CCCc1ccc(O)cc1)c1ccccc1. The first-order chi connectivity index (χ1) is 8.75. The van der Waals surface area contributed by atoms with Crippen LogP contribution in [0.4, 0.5) is 0 Å². The number of rotatable bonds is 5. The first-order valence-corrected chi connectivity index (χ1v) is 6.12. The lowest BCUT2D eigenvalue weighted by Gasteiger charge is -2.02. The summed E-state index contributed by atoms with van der Waals surface area (Å²) in [6.45, 7) is 0. The van der Waals surface area contributed by atoms with Crippen LogP contribution in [0.1, 0.15) is 28.8 Å². The molecule has 2 rings (SSSR count). The van der Waals surface area contributed by atoms with Crippen LogP contribution in [0, 0.1) is 0 Å². The number of hydrogen-bond donors (Lipinski definition) is 1. The van der Waals surface area contributed by atoms with Crippen molar-refractivity contribution in [3.05, 3.63) is 65.7 Å². The van der Waals surface area contributed by atoms with Gasteiger partial charge >= 0.3 is 0 Å². The number of carbonyl (C=O) groups excluding carboxylic acids is 1. The van der Waals surface area contributed by atoms with Gasteiger partial charge in [-0.2, -0.15) is 0 Å². The molecule has 0 unspecified atom stereocenters. The van der Waals surface area contributed by atoms with Crippen LogP contribution in [0.2, 0.25) is 0 Å². The molecule has 0 aliphatic rings. The monoisotopic (exact) mass is 240 g/mol. The van der Waals surface area contributed by atoms with Crippen molar-refractivity contribution >= 4 is 5.78 Å². The average Bonchev–Trinajstić information content (AvgIpc) is 2.42. The average molecular weight is 240 g/mol. The largest absolute Gasteiger partial charge is 0.508 e. The van der Waals surface area contributed by atoms with Crippen LogP contribution in [0.3, 0.4) is 0 Å². The second-order valence-electron chi connectivity index (χ2n) is 4.31. The maximum Gasteiger partial charge on any atom is 0.162 e. The minimum atomic E-state index is 0.189. The second kappa shape index (κ2) is 6.01. The van der Waals surface area contributed by atoms with Crippen molar-refractivity contribution in [3.8, 4) is 5.75 Å². The van der Waals surface area contributed by atoms with Gasteiger partial charge in [-0.15, -0.1) is 0 Å². The molecule has 0 aliphatic heterocycles. The number of carbonyl (C=O) groups is 1. The molecule has 0 heterocycles. The maximum absolute atomic E-state index is 11.8. The highest BCUT2D eigenvalue weighted by Gasteiger charge is 2.04. The van der Waals surface area contributed by atoms with Crippen molar-refractivity contribution < 1.29 is 9.90 Å². The van der Waals surface area contributed by atoms with Gasteiger partial charge in [0.2, 0.25) is 0 Å². The van der Waals surface area contributed by atoms with Gasteiger partial charge in [0.15, 0.2) is 5.78 Å². The number of benzene rings is 2. The van der Waals surface area contributed by atoms with Gasteiger partial charge in [0.25, 0.3) is 0 Å². The lowest BCUT2D eigenvalue weighted by molar-refractivity contribution is 0.0980.